The van der Waals surface area contributed by atoms with E-state index >= 15 is 0 Å². The van der Waals surface area contributed by atoms with Crippen LogP contribution in [0.25, 0.3) is 0 Å². The van der Waals surface area contributed by atoms with Gasteiger partial charge in [0.1, 0.15) is 5.82 Å². The Bertz CT molecular complexity index is 917. The number of rotatable bonds is 5. The van der Waals surface area contributed by atoms with Crippen LogP contribution in [0.3, 0.4) is 0 Å². The fourth-order valence-electron chi connectivity index (χ4n) is 2.94. The molecule has 1 aliphatic rings. The largest absolute Gasteiger partial charge is 0.455 e. The first-order valence-corrected chi connectivity index (χ1v) is 9.41. The molecule has 6 nitrogen and oxygen atoms in total. The quantitative estimate of drug-likeness (QED) is 0.710. The third kappa shape index (κ3) is 4.75. The van der Waals surface area contributed by atoms with Crippen LogP contribution in [0.15, 0.2) is 46.9 Å². The van der Waals surface area contributed by atoms with E-state index < -0.39 is 30.2 Å². The smallest absolute Gasteiger partial charge is 0.311 e. The van der Waals surface area contributed by atoms with Crippen molar-refractivity contribution in [2.75, 3.05) is 23.4 Å². The fourth-order valence-corrected chi connectivity index (χ4v) is 3.42. The highest BCUT2D eigenvalue weighted by Gasteiger charge is 2.36. The lowest BCUT2D eigenvalue weighted by molar-refractivity contribution is -0.151. The van der Waals surface area contributed by atoms with Crippen molar-refractivity contribution >= 4 is 45.1 Å². The number of aryl methyl sites for hydroxylation is 1. The number of ether oxygens (including phenoxy) is 1. The number of halogens is 2. The van der Waals surface area contributed by atoms with Crippen molar-refractivity contribution in [1.82, 2.24) is 0 Å². The molecule has 0 aliphatic carbocycles. The third-order valence-corrected chi connectivity index (χ3v) is 4.90. The number of amides is 2. The van der Waals surface area contributed by atoms with Crippen LogP contribution in [0.5, 0.6) is 0 Å². The molecule has 2 amide bonds. The minimum Gasteiger partial charge on any atom is -0.455 e. The molecule has 2 aromatic rings. The maximum Gasteiger partial charge on any atom is 0.311 e. The third-order valence-electron chi connectivity index (χ3n) is 4.40. The zero-order valence-electron chi connectivity index (χ0n) is 15.1. The number of nitrogens with one attached hydrogen (secondary N) is 1. The minimum absolute atomic E-state index is 0.0103. The second-order valence-corrected chi connectivity index (χ2v) is 7.41. The Morgan fingerprint density at radius 1 is 1.25 bits per heavy atom. The molecule has 1 saturated heterocycles. The first-order valence-electron chi connectivity index (χ1n) is 8.62. The summed E-state index contributed by atoms with van der Waals surface area (Å²) in [6, 6.07) is 10.9. The summed E-state index contributed by atoms with van der Waals surface area (Å²) in [4.78, 5) is 37.9. The Morgan fingerprint density at radius 3 is 2.64 bits per heavy atom. The average molecular weight is 449 g/mol. The van der Waals surface area contributed by atoms with Crippen LogP contribution >= 0.6 is 15.9 Å². The summed E-state index contributed by atoms with van der Waals surface area (Å²) in [6.07, 6.45) is -0.0103. The first kappa shape index (κ1) is 20.0. The number of carbonyl (C=O) groups is 3. The van der Waals surface area contributed by atoms with E-state index in [0.29, 0.717) is 11.4 Å². The van der Waals surface area contributed by atoms with Gasteiger partial charge in [-0.1, -0.05) is 15.9 Å². The Balaban J connectivity index is 1.53. The van der Waals surface area contributed by atoms with E-state index in [2.05, 4.69) is 21.2 Å². The van der Waals surface area contributed by atoms with E-state index in [1.807, 2.05) is 13.0 Å². The zero-order valence-corrected chi connectivity index (χ0v) is 16.7. The van der Waals surface area contributed by atoms with Gasteiger partial charge in [-0.25, -0.2) is 4.39 Å². The molecule has 8 heteroatoms. The minimum atomic E-state index is -0.667. The highest BCUT2D eigenvalue weighted by Crippen LogP contribution is 2.26. The molecular weight excluding hydrogens is 431 g/mol. The molecule has 1 aliphatic heterocycles. The van der Waals surface area contributed by atoms with Gasteiger partial charge >= 0.3 is 5.97 Å². The van der Waals surface area contributed by atoms with Crippen LogP contribution in [0.2, 0.25) is 0 Å². The van der Waals surface area contributed by atoms with Gasteiger partial charge in [0.25, 0.3) is 5.91 Å². The standard InChI is InChI=1S/C20H18BrFN2O4/c1-12-8-14(21)2-7-17(12)23-18(25)11-28-20(27)13-9-19(26)24(10-13)16-5-3-15(22)4-6-16/h2-8,13H,9-11H2,1H3,(H,23,25)/t13-/m1/s1. The zero-order chi connectivity index (χ0) is 20.3. The second-order valence-electron chi connectivity index (χ2n) is 6.50. The second kappa shape index (κ2) is 8.52. The van der Waals surface area contributed by atoms with Crippen LogP contribution in [-0.4, -0.2) is 30.9 Å². The molecule has 0 bridgehead atoms. The van der Waals surface area contributed by atoms with Crippen molar-refractivity contribution in [3.05, 3.63) is 58.3 Å². The van der Waals surface area contributed by atoms with Crippen molar-refractivity contribution in [3.8, 4) is 0 Å². The van der Waals surface area contributed by atoms with Gasteiger partial charge in [-0.3, -0.25) is 14.4 Å². The topological polar surface area (TPSA) is 75.7 Å². The summed E-state index contributed by atoms with van der Waals surface area (Å²) in [5.74, 6) is -2.39. The number of esters is 1. The molecule has 2 aromatic carbocycles. The number of nitrogens with zero attached hydrogens (tertiary/aromatic N) is 1. The maximum atomic E-state index is 13.0. The monoisotopic (exact) mass is 448 g/mol. The average Bonchev–Trinajstić information content (AvgIpc) is 3.04. The fraction of sp³-hybridized carbons (Fsp3) is 0.250. The van der Waals surface area contributed by atoms with Gasteiger partial charge in [-0.2, -0.15) is 0 Å². The lowest BCUT2D eigenvalue weighted by Crippen LogP contribution is -2.28. The first-order chi connectivity index (χ1) is 13.3. The Hall–Kier alpha value is -2.74. The Morgan fingerprint density at radius 2 is 1.96 bits per heavy atom. The predicted octanol–water partition coefficient (Wildman–Crippen LogP) is 3.43. The predicted molar refractivity (Wildman–Crippen MR) is 105 cm³/mol. The number of hydrogen-bond acceptors (Lipinski definition) is 4. The van der Waals surface area contributed by atoms with Gasteiger partial charge < -0.3 is 15.0 Å². The van der Waals surface area contributed by atoms with Crippen LogP contribution < -0.4 is 10.2 Å². The number of anilines is 2. The van der Waals surface area contributed by atoms with Gasteiger partial charge in [0.2, 0.25) is 5.91 Å². The lowest BCUT2D eigenvalue weighted by Gasteiger charge is -2.16. The van der Waals surface area contributed by atoms with E-state index in [0.717, 1.165) is 10.0 Å². The summed E-state index contributed by atoms with van der Waals surface area (Å²) in [5, 5.41) is 2.68. The van der Waals surface area contributed by atoms with Gasteiger partial charge in [0, 0.05) is 28.8 Å². The molecule has 1 heterocycles. The highest BCUT2D eigenvalue weighted by molar-refractivity contribution is 9.10. The van der Waals surface area contributed by atoms with E-state index in [9.17, 15) is 18.8 Å². The lowest BCUT2D eigenvalue weighted by atomic mass is 10.1. The van der Waals surface area contributed by atoms with E-state index in [4.69, 9.17) is 4.74 Å². The normalized spacial score (nSPS) is 16.2. The van der Waals surface area contributed by atoms with E-state index in [1.54, 1.807) is 12.1 Å². The Kier molecular flexibility index (Phi) is 6.08. The molecule has 146 valence electrons. The SMILES string of the molecule is Cc1cc(Br)ccc1NC(=O)COC(=O)[C@@H]1CC(=O)N(c2ccc(F)cc2)C1. The summed E-state index contributed by atoms with van der Waals surface area (Å²) < 4.78 is 19.0. The van der Waals surface area contributed by atoms with Crippen LogP contribution in [0.4, 0.5) is 15.8 Å². The summed E-state index contributed by atoms with van der Waals surface area (Å²) >= 11 is 3.35. The van der Waals surface area contributed by atoms with E-state index in [-0.39, 0.29) is 18.9 Å². The molecule has 0 aromatic heterocycles. The van der Waals surface area contributed by atoms with E-state index in [1.165, 1.54) is 29.2 Å². The number of hydrogen-bond donors (Lipinski definition) is 1. The Labute approximate surface area is 169 Å². The van der Waals surface area contributed by atoms with Gasteiger partial charge in [0.05, 0.1) is 5.92 Å². The molecule has 28 heavy (non-hydrogen) atoms. The summed E-state index contributed by atoms with van der Waals surface area (Å²) in [6.45, 7) is 1.55. The van der Waals surface area contributed by atoms with Crippen LogP contribution in [0.1, 0.15) is 12.0 Å². The van der Waals surface area contributed by atoms with Gasteiger partial charge in [-0.15, -0.1) is 0 Å². The van der Waals surface area contributed by atoms with Gasteiger partial charge in [-0.05, 0) is 55.0 Å². The van der Waals surface area contributed by atoms with Crippen molar-refractivity contribution in [2.45, 2.75) is 13.3 Å². The van der Waals surface area contributed by atoms with Gasteiger partial charge in [0.15, 0.2) is 6.61 Å². The molecule has 1 fully saturated rings. The number of carbonyl (C=O) groups excluding carboxylic acids is 3. The summed E-state index contributed by atoms with van der Waals surface area (Å²) in [7, 11) is 0. The molecule has 0 unspecified atom stereocenters. The highest BCUT2D eigenvalue weighted by atomic mass is 79.9. The molecule has 0 spiro atoms. The maximum absolute atomic E-state index is 13.0. The molecule has 1 N–H and O–H groups in total. The number of benzene rings is 2. The van der Waals surface area contributed by atoms with Crippen LogP contribution in [0, 0.1) is 18.7 Å². The summed E-state index contributed by atoms with van der Waals surface area (Å²) in [5.41, 5.74) is 2.01. The van der Waals surface area contributed by atoms with Crippen molar-refractivity contribution < 1.29 is 23.5 Å². The van der Waals surface area contributed by atoms with Crippen LogP contribution in [-0.2, 0) is 19.1 Å². The molecule has 0 saturated carbocycles. The van der Waals surface area contributed by atoms with Crippen molar-refractivity contribution in [1.29, 1.82) is 0 Å². The van der Waals surface area contributed by atoms with Crippen molar-refractivity contribution in [3.63, 3.8) is 0 Å². The molecule has 3 rings (SSSR count). The molecular formula is C20H18BrFN2O4. The molecule has 1 atom stereocenters. The van der Waals surface area contributed by atoms with Crippen molar-refractivity contribution in [2.24, 2.45) is 5.92 Å². The molecule has 0 radical (unpaired) electrons.